The molecule has 1 unspecified atom stereocenters. The summed E-state index contributed by atoms with van der Waals surface area (Å²) in [5, 5.41) is 22.1. The zero-order chi connectivity index (χ0) is 18.5. The predicted octanol–water partition coefficient (Wildman–Crippen LogP) is 2.84. The Morgan fingerprint density at radius 2 is 1.96 bits per heavy atom. The summed E-state index contributed by atoms with van der Waals surface area (Å²) < 4.78 is 13.2. The van der Waals surface area contributed by atoms with E-state index in [2.05, 4.69) is 10.3 Å². The lowest BCUT2D eigenvalue weighted by Crippen LogP contribution is -2.32. The van der Waals surface area contributed by atoms with Gasteiger partial charge in [-0.1, -0.05) is 30.3 Å². The topological polar surface area (TPSA) is 85.3 Å². The SMILES string of the molecule is O=C(NCC(O)CCCO)c1cc2cccc(-c3ccc(F)cc3)c2[nH]1. The van der Waals surface area contributed by atoms with Crippen molar-refractivity contribution in [2.75, 3.05) is 13.2 Å². The molecular weight excluding hydrogens is 335 g/mol. The third-order valence-electron chi connectivity index (χ3n) is 4.25. The molecule has 1 heterocycles. The van der Waals surface area contributed by atoms with Gasteiger partial charge in [-0.25, -0.2) is 4.39 Å². The number of hydrogen-bond donors (Lipinski definition) is 4. The van der Waals surface area contributed by atoms with Crippen molar-refractivity contribution in [2.24, 2.45) is 0 Å². The third-order valence-corrected chi connectivity index (χ3v) is 4.25. The van der Waals surface area contributed by atoms with Gasteiger partial charge in [0.15, 0.2) is 0 Å². The summed E-state index contributed by atoms with van der Waals surface area (Å²) in [6.45, 7) is 0.137. The van der Waals surface area contributed by atoms with E-state index in [1.54, 1.807) is 18.2 Å². The van der Waals surface area contributed by atoms with Crippen LogP contribution >= 0.6 is 0 Å². The lowest BCUT2D eigenvalue weighted by atomic mass is 10.0. The van der Waals surface area contributed by atoms with Crippen LogP contribution in [-0.2, 0) is 0 Å². The number of hydrogen-bond acceptors (Lipinski definition) is 3. The van der Waals surface area contributed by atoms with Crippen molar-refractivity contribution in [2.45, 2.75) is 18.9 Å². The number of halogens is 1. The fourth-order valence-electron chi connectivity index (χ4n) is 2.88. The average molecular weight is 356 g/mol. The molecule has 0 bridgehead atoms. The number of aromatic nitrogens is 1. The number of aromatic amines is 1. The van der Waals surface area contributed by atoms with Crippen LogP contribution in [0.5, 0.6) is 0 Å². The van der Waals surface area contributed by atoms with Gasteiger partial charge in [-0.3, -0.25) is 4.79 Å². The number of fused-ring (bicyclic) bond motifs is 1. The van der Waals surface area contributed by atoms with E-state index in [1.807, 2.05) is 18.2 Å². The van der Waals surface area contributed by atoms with E-state index in [-0.39, 0.29) is 24.9 Å². The van der Waals surface area contributed by atoms with Crippen molar-refractivity contribution in [3.63, 3.8) is 0 Å². The summed E-state index contributed by atoms with van der Waals surface area (Å²) in [7, 11) is 0. The van der Waals surface area contributed by atoms with Gasteiger partial charge in [0.05, 0.1) is 11.6 Å². The van der Waals surface area contributed by atoms with Gasteiger partial charge in [0.2, 0.25) is 0 Å². The molecule has 0 radical (unpaired) electrons. The predicted molar refractivity (Wildman–Crippen MR) is 98.4 cm³/mol. The van der Waals surface area contributed by atoms with Crippen LogP contribution in [0.25, 0.3) is 22.0 Å². The fourth-order valence-corrected chi connectivity index (χ4v) is 2.88. The first-order chi connectivity index (χ1) is 12.6. The smallest absolute Gasteiger partial charge is 0.267 e. The number of para-hydroxylation sites is 1. The van der Waals surface area contributed by atoms with Crippen LogP contribution in [-0.4, -0.2) is 40.4 Å². The molecule has 136 valence electrons. The number of carbonyl (C=O) groups is 1. The fraction of sp³-hybridized carbons (Fsp3) is 0.250. The second kappa shape index (κ2) is 8.12. The molecule has 6 heteroatoms. The molecule has 1 amide bonds. The first kappa shape index (κ1) is 18.1. The van der Waals surface area contributed by atoms with Gasteiger partial charge < -0.3 is 20.5 Å². The molecule has 1 atom stereocenters. The number of nitrogens with one attached hydrogen (secondary N) is 2. The molecular formula is C20H21FN2O3. The van der Waals surface area contributed by atoms with Gasteiger partial charge in [0.1, 0.15) is 11.5 Å². The van der Waals surface area contributed by atoms with Crippen molar-refractivity contribution in [3.05, 3.63) is 60.0 Å². The zero-order valence-electron chi connectivity index (χ0n) is 14.2. The highest BCUT2D eigenvalue weighted by atomic mass is 19.1. The van der Waals surface area contributed by atoms with E-state index in [9.17, 15) is 14.3 Å². The van der Waals surface area contributed by atoms with Crippen molar-refractivity contribution >= 4 is 16.8 Å². The number of H-pyrrole nitrogens is 1. The van der Waals surface area contributed by atoms with Crippen molar-refractivity contribution in [3.8, 4) is 11.1 Å². The summed E-state index contributed by atoms with van der Waals surface area (Å²) in [6, 6.07) is 13.6. The highest BCUT2D eigenvalue weighted by molar-refractivity contribution is 6.02. The maximum atomic E-state index is 13.2. The first-order valence-electron chi connectivity index (χ1n) is 8.53. The summed E-state index contributed by atoms with van der Waals surface area (Å²) >= 11 is 0. The first-order valence-corrected chi connectivity index (χ1v) is 8.53. The maximum absolute atomic E-state index is 13.2. The van der Waals surface area contributed by atoms with Gasteiger partial charge in [0, 0.05) is 24.1 Å². The van der Waals surface area contributed by atoms with Crippen molar-refractivity contribution < 1.29 is 19.4 Å². The highest BCUT2D eigenvalue weighted by Crippen LogP contribution is 2.28. The third kappa shape index (κ3) is 4.09. The minimum absolute atomic E-state index is 0.0131. The minimum atomic E-state index is -0.690. The van der Waals surface area contributed by atoms with Gasteiger partial charge in [-0.15, -0.1) is 0 Å². The quantitative estimate of drug-likeness (QED) is 0.525. The number of rotatable bonds is 7. The van der Waals surface area contributed by atoms with Crippen LogP contribution in [0.2, 0.25) is 0 Å². The molecule has 1 aromatic heterocycles. The number of carbonyl (C=O) groups excluding carboxylic acids is 1. The largest absolute Gasteiger partial charge is 0.396 e. The lowest BCUT2D eigenvalue weighted by molar-refractivity contribution is 0.0900. The Labute approximate surface area is 150 Å². The van der Waals surface area contributed by atoms with Gasteiger partial charge in [0.25, 0.3) is 5.91 Å². The number of aliphatic hydroxyl groups excluding tert-OH is 2. The molecule has 4 N–H and O–H groups in total. The summed E-state index contributed by atoms with van der Waals surface area (Å²) in [4.78, 5) is 15.4. The maximum Gasteiger partial charge on any atom is 0.267 e. The van der Waals surface area contributed by atoms with E-state index in [0.717, 1.165) is 22.0 Å². The Bertz CT molecular complexity index is 890. The monoisotopic (exact) mass is 356 g/mol. The molecule has 0 spiro atoms. The van der Waals surface area contributed by atoms with Gasteiger partial charge >= 0.3 is 0 Å². The molecule has 2 aromatic carbocycles. The van der Waals surface area contributed by atoms with Crippen LogP contribution in [0.1, 0.15) is 23.3 Å². The van der Waals surface area contributed by atoms with Crippen LogP contribution in [0, 0.1) is 5.82 Å². The lowest BCUT2D eigenvalue weighted by Gasteiger charge is -2.10. The molecule has 0 aliphatic heterocycles. The Morgan fingerprint density at radius 3 is 2.69 bits per heavy atom. The average Bonchev–Trinajstić information content (AvgIpc) is 3.09. The molecule has 0 saturated heterocycles. The molecule has 3 rings (SSSR count). The van der Waals surface area contributed by atoms with Crippen LogP contribution in [0.4, 0.5) is 4.39 Å². The number of amides is 1. The van der Waals surface area contributed by atoms with Gasteiger partial charge in [-0.05, 0) is 36.6 Å². The Kier molecular flexibility index (Phi) is 5.65. The Hall–Kier alpha value is -2.70. The molecule has 0 fully saturated rings. The molecule has 26 heavy (non-hydrogen) atoms. The second-order valence-electron chi connectivity index (χ2n) is 6.19. The Balaban J connectivity index is 1.80. The van der Waals surface area contributed by atoms with Crippen LogP contribution in [0.15, 0.2) is 48.5 Å². The van der Waals surface area contributed by atoms with Crippen LogP contribution in [0.3, 0.4) is 0 Å². The zero-order valence-corrected chi connectivity index (χ0v) is 14.2. The number of aliphatic hydroxyl groups is 2. The second-order valence-corrected chi connectivity index (χ2v) is 6.19. The highest BCUT2D eigenvalue weighted by Gasteiger charge is 2.13. The van der Waals surface area contributed by atoms with E-state index >= 15 is 0 Å². The molecule has 3 aromatic rings. The van der Waals surface area contributed by atoms with E-state index in [4.69, 9.17) is 5.11 Å². The Morgan fingerprint density at radius 1 is 1.19 bits per heavy atom. The van der Waals surface area contributed by atoms with Crippen molar-refractivity contribution in [1.29, 1.82) is 0 Å². The summed E-state index contributed by atoms with van der Waals surface area (Å²) in [6.07, 6.45) is 0.230. The van der Waals surface area contributed by atoms with E-state index in [1.165, 1.54) is 12.1 Å². The van der Waals surface area contributed by atoms with Gasteiger partial charge in [-0.2, -0.15) is 0 Å². The van der Waals surface area contributed by atoms with E-state index in [0.29, 0.717) is 18.5 Å². The minimum Gasteiger partial charge on any atom is -0.396 e. The summed E-state index contributed by atoms with van der Waals surface area (Å²) in [5.74, 6) is -0.610. The van der Waals surface area contributed by atoms with E-state index < -0.39 is 6.10 Å². The molecule has 0 aliphatic carbocycles. The molecule has 0 saturated carbocycles. The standard InChI is InChI=1S/C20H21FN2O3/c21-15-8-6-13(7-9-15)17-5-1-3-14-11-18(23-19(14)17)20(26)22-12-16(25)4-2-10-24/h1,3,5-9,11,16,23-25H,2,4,10,12H2,(H,22,26). The summed E-state index contributed by atoms with van der Waals surface area (Å²) in [5.41, 5.74) is 2.92. The number of benzene rings is 2. The van der Waals surface area contributed by atoms with Crippen LogP contribution < -0.4 is 5.32 Å². The van der Waals surface area contributed by atoms with Crippen molar-refractivity contribution in [1.82, 2.24) is 10.3 Å². The molecule has 5 nitrogen and oxygen atoms in total. The normalized spacial score (nSPS) is 12.3. The molecule has 0 aliphatic rings.